The molecule has 0 bridgehead atoms. The number of benzene rings is 1. The van der Waals surface area contributed by atoms with Crippen molar-refractivity contribution >= 4 is 17.6 Å². The number of nitrogens with one attached hydrogen (secondary N) is 1. The molecule has 144 valence electrons. The fourth-order valence-electron chi connectivity index (χ4n) is 2.12. The van der Waals surface area contributed by atoms with Crippen LogP contribution in [0.3, 0.4) is 0 Å². The number of carbonyl (C=O) groups excluding carboxylic acids is 2. The van der Waals surface area contributed by atoms with Crippen molar-refractivity contribution in [3.8, 4) is 5.75 Å². The molecule has 1 aromatic rings. The lowest BCUT2D eigenvalue weighted by atomic mass is 10.0. The quantitative estimate of drug-likeness (QED) is 0.258. The third kappa shape index (κ3) is 6.65. The van der Waals surface area contributed by atoms with E-state index >= 15 is 0 Å². The first-order valence-electron chi connectivity index (χ1n) is 7.68. The van der Waals surface area contributed by atoms with Crippen LogP contribution in [0.5, 0.6) is 5.75 Å². The zero-order valence-electron chi connectivity index (χ0n) is 14.9. The number of nitrogens with zero attached hydrogens (tertiary/aromatic N) is 1. The Bertz CT molecular complexity index is 635. The zero-order chi connectivity index (χ0) is 19.5. The highest BCUT2D eigenvalue weighted by atomic mass is 16.6. The van der Waals surface area contributed by atoms with Gasteiger partial charge in [-0.2, -0.15) is 0 Å². The van der Waals surface area contributed by atoms with Crippen LogP contribution in [0.2, 0.25) is 0 Å². The molecule has 10 heteroatoms. The molecule has 0 radical (unpaired) electrons. The van der Waals surface area contributed by atoms with Crippen molar-refractivity contribution in [1.82, 2.24) is 5.32 Å². The summed E-state index contributed by atoms with van der Waals surface area (Å²) in [7, 11) is 4.01. The van der Waals surface area contributed by atoms with E-state index in [0.717, 1.165) is 0 Å². The first-order valence-corrected chi connectivity index (χ1v) is 7.68. The topological polar surface area (TPSA) is 126 Å². The largest absolute Gasteiger partial charge is 0.490 e. The maximum Gasteiger partial charge on any atom is 0.328 e. The number of rotatable bonds is 11. The molecule has 0 heterocycles. The molecule has 0 aliphatic rings. The SMILES string of the molecule is COCCOCC(=O)N[C@@H](Cc1ccc(OC)c([N+](=O)[O-])c1)C(=O)OC. The van der Waals surface area contributed by atoms with E-state index < -0.39 is 22.8 Å². The molecule has 1 amide bonds. The number of esters is 1. The smallest absolute Gasteiger partial charge is 0.328 e. The second kappa shape index (κ2) is 11.0. The Morgan fingerprint density at radius 1 is 1.23 bits per heavy atom. The zero-order valence-corrected chi connectivity index (χ0v) is 14.9. The van der Waals surface area contributed by atoms with E-state index in [1.165, 1.54) is 33.5 Å². The van der Waals surface area contributed by atoms with Crippen molar-refractivity contribution in [3.63, 3.8) is 0 Å². The molecule has 1 atom stereocenters. The third-order valence-corrected chi connectivity index (χ3v) is 3.37. The maximum absolute atomic E-state index is 11.9. The van der Waals surface area contributed by atoms with Crippen molar-refractivity contribution in [1.29, 1.82) is 0 Å². The summed E-state index contributed by atoms with van der Waals surface area (Å²) >= 11 is 0. The van der Waals surface area contributed by atoms with Gasteiger partial charge in [-0.1, -0.05) is 6.07 Å². The molecule has 0 saturated carbocycles. The van der Waals surface area contributed by atoms with Crippen molar-refractivity contribution < 1.29 is 33.5 Å². The predicted molar refractivity (Wildman–Crippen MR) is 90.0 cm³/mol. The fourth-order valence-corrected chi connectivity index (χ4v) is 2.12. The molecule has 0 aliphatic heterocycles. The van der Waals surface area contributed by atoms with Crippen LogP contribution >= 0.6 is 0 Å². The highest BCUT2D eigenvalue weighted by Crippen LogP contribution is 2.28. The van der Waals surface area contributed by atoms with Crippen LogP contribution < -0.4 is 10.1 Å². The van der Waals surface area contributed by atoms with Gasteiger partial charge in [0, 0.05) is 19.6 Å². The van der Waals surface area contributed by atoms with Crippen LogP contribution in [0.15, 0.2) is 18.2 Å². The van der Waals surface area contributed by atoms with E-state index in [2.05, 4.69) is 10.1 Å². The molecule has 1 rings (SSSR count). The van der Waals surface area contributed by atoms with Gasteiger partial charge in [0.25, 0.3) is 0 Å². The Morgan fingerprint density at radius 2 is 1.96 bits per heavy atom. The Hall–Kier alpha value is -2.72. The van der Waals surface area contributed by atoms with Crippen molar-refractivity contribution in [3.05, 3.63) is 33.9 Å². The number of amides is 1. The lowest BCUT2D eigenvalue weighted by Gasteiger charge is -2.17. The number of methoxy groups -OCH3 is 3. The fraction of sp³-hybridized carbons (Fsp3) is 0.500. The van der Waals surface area contributed by atoms with Gasteiger partial charge in [-0.25, -0.2) is 4.79 Å². The Morgan fingerprint density at radius 3 is 2.54 bits per heavy atom. The molecule has 0 aromatic heterocycles. The minimum Gasteiger partial charge on any atom is -0.490 e. The lowest BCUT2D eigenvalue weighted by molar-refractivity contribution is -0.385. The van der Waals surface area contributed by atoms with Crippen LogP contribution in [-0.2, 0) is 30.2 Å². The summed E-state index contributed by atoms with van der Waals surface area (Å²) in [6.45, 7) is 0.320. The van der Waals surface area contributed by atoms with Crippen LogP contribution in [-0.4, -0.2) is 64.0 Å². The Labute approximate surface area is 150 Å². The molecular weight excluding hydrogens is 348 g/mol. The molecule has 0 spiro atoms. The van der Waals surface area contributed by atoms with Crippen molar-refractivity contribution in [2.75, 3.05) is 41.2 Å². The number of nitro groups is 1. The standard InChI is InChI=1S/C16H22N2O8/c1-23-6-7-26-10-15(19)17-12(16(20)25-3)8-11-4-5-14(24-2)13(9-11)18(21)22/h4-5,9,12H,6-8,10H2,1-3H3,(H,17,19)/t12-/m0/s1. The van der Waals surface area contributed by atoms with Gasteiger partial charge in [-0.15, -0.1) is 0 Å². The van der Waals surface area contributed by atoms with Crippen LogP contribution in [0.4, 0.5) is 5.69 Å². The summed E-state index contributed by atoms with van der Waals surface area (Å²) in [5.41, 5.74) is 0.233. The Balaban J connectivity index is 2.82. The second-order valence-corrected chi connectivity index (χ2v) is 5.16. The van der Waals surface area contributed by atoms with E-state index in [4.69, 9.17) is 14.2 Å². The van der Waals surface area contributed by atoms with Gasteiger partial charge in [0.05, 0.1) is 32.4 Å². The number of hydrogen-bond acceptors (Lipinski definition) is 8. The summed E-state index contributed by atoms with van der Waals surface area (Å²) in [6, 6.07) is 3.28. The summed E-state index contributed by atoms with van der Waals surface area (Å²) in [5.74, 6) is -1.09. The van der Waals surface area contributed by atoms with E-state index in [9.17, 15) is 19.7 Å². The van der Waals surface area contributed by atoms with E-state index in [1.54, 1.807) is 6.07 Å². The number of carbonyl (C=O) groups is 2. The molecule has 0 aliphatic carbocycles. The molecule has 1 aromatic carbocycles. The summed E-state index contributed by atoms with van der Waals surface area (Å²) in [6.07, 6.45) is 0.0152. The lowest BCUT2D eigenvalue weighted by Crippen LogP contribution is -2.44. The van der Waals surface area contributed by atoms with E-state index in [0.29, 0.717) is 12.2 Å². The summed E-state index contributed by atoms with van der Waals surface area (Å²) in [4.78, 5) is 34.3. The van der Waals surface area contributed by atoms with Crippen LogP contribution in [0.1, 0.15) is 5.56 Å². The van der Waals surface area contributed by atoms with Crippen LogP contribution in [0, 0.1) is 10.1 Å². The number of nitro benzene ring substituents is 1. The molecular formula is C16H22N2O8. The summed E-state index contributed by atoms with van der Waals surface area (Å²) < 4.78 is 19.5. The van der Waals surface area contributed by atoms with Gasteiger partial charge in [0.1, 0.15) is 12.6 Å². The molecule has 0 saturated heterocycles. The monoisotopic (exact) mass is 370 g/mol. The third-order valence-electron chi connectivity index (χ3n) is 3.37. The Kier molecular flexibility index (Phi) is 9.02. The van der Waals surface area contributed by atoms with Gasteiger partial charge >= 0.3 is 11.7 Å². The minimum absolute atomic E-state index is 0.0152. The first-order chi connectivity index (χ1) is 12.4. The minimum atomic E-state index is -1.01. The molecule has 1 N–H and O–H groups in total. The van der Waals surface area contributed by atoms with Gasteiger partial charge in [0.2, 0.25) is 5.91 Å². The van der Waals surface area contributed by atoms with Gasteiger partial charge in [0.15, 0.2) is 5.75 Å². The second-order valence-electron chi connectivity index (χ2n) is 5.16. The molecule has 26 heavy (non-hydrogen) atoms. The molecule has 0 unspecified atom stereocenters. The number of ether oxygens (including phenoxy) is 4. The molecule has 10 nitrogen and oxygen atoms in total. The summed E-state index contributed by atoms with van der Waals surface area (Å²) in [5, 5.41) is 13.6. The average Bonchev–Trinajstić information content (AvgIpc) is 2.63. The average molecular weight is 370 g/mol. The first kappa shape index (κ1) is 21.3. The normalized spacial score (nSPS) is 11.5. The highest BCUT2D eigenvalue weighted by molar-refractivity contribution is 5.85. The highest BCUT2D eigenvalue weighted by Gasteiger charge is 2.24. The molecule has 0 fully saturated rings. The van der Waals surface area contributed by atoms with Gasteiger partial charge in [-0.05, 0) is 11.6 Å². The predicted octanol–water partition coefficient (Wildman–Crippen LogP) is 0.467. The van der Waals surface area contributed by atoms with Crippen molar-refractivity contribution in [2.45, 2.75) is 12.5 Å². The number of hydrogen-bond donors (Lipinski definition) is 1. The van der Waals surface area contributed by atoms with Crippen molar-refractivity contribution in [2.24, 2.45) is 0 Å². The van der Waals surface area contributed by atoms with E-state index in [1.807, 2.05) is 0 Å². The van der Waals surface area contributed by atoms with Gasteiger partial charge in [-0.3, -0.25) is 14.9 Å². The maximum atomic E-state index is 11.9. The van der Waals surface area contributed by atoms with Gasteiger partial charge < -0.3 is 24.3 Å². The van der Waals surface area contributed by atoms with E-state index in [-0.39, 0.29) is 31.1 Å². The van der Waals surface area contributed by atoms with Crippen LogP contribution in [0.25, 0.3) is 0 Å².